The molecule has 0 saturated carbocycles. The summed E-state index contributed by atoms with van der Waals surface area (Å²) in [5, 5.41) is 9.89. The molecule has 21 heavy (non-hydrogen) atoms. The summed E-state index contributed by atoms with van der Waals surface area (Å²) in [6, 6.07) is 6.00. The average Bonchev–Trinajstić information content (AvgIpc) is 2.38. The van der Waals surface area contributed by atoms with Crippen LogP contribution >= 0.6 is 28.1 Å². The Morgan fingerprint density at radius 1 is 1.33 bits per heavy atom. The number of piperazine rings is 1. The van der Waals surface area contributed by atoms with Gasteiger partial charge in [-0.15, -0.1) is 0 Å². The Morgan fingerprint density at radius 2 is 1.95 bits per heavy atom. The first kappa shape index (κ1) is 16.7. The standard InChI is InChI=1S/C15H22BrN3OS/c1-15(2,20)10-18-5-7-19(8-6-18)13-4-3-11(14(17)21)9-12(13)16/h3-4,9,20H,5-8,10H2,1-2H3,(H2,17,21). The second-order valence-electron chi connectivity index (χ2n) is 6.11. The topological polar surface area (TPSA) is 52.7 Å². The average molecular weight is 372 g/mol. The highest BCUT2D eigenvalue weighted by atomic mass is 79.9. The molecule has 0 aromatic heterocycles. The van der Waals surface area contributed by atoms with Gasteiger partial charge in [-0.05, 0) is 48.0 Å². The number of thiocarbonyl (C=S) groups is 1. The van der Waals surface area contributed by atoms with E-state index in [9.17, 15) is 5.11 Å². The van der Waals surface area contributed by atoms with E-state index in [-0.39, 0.29) is 0 Å². The summed E-state index contributed by atoms with van der Waals surface area (Å²) in [6.07, 6.45) is 0. The fourth-order valence-electron chi connectivity index (χ4n) is 2.61. The van der Waals surface area contributed by atoms with Crippen LogP contribution in [-0.2, 0) is 0 Å². The fraction of sp³-hybridized carbons (Fsp3) is 0.533. The van der Waals surface area contributed by atoms with Gasteiger partial charge in [0.15, 0.2) is 0 Å². The Hall–Kier alpha value is -0.690. The van der Waals surface area contributed by atoms with Crippen LogP contribution in [0, 0.1) is 0 Å². The van der Waals surface area contributed by atoms with E-state index < -0.39 is 5.60 Å². The van der Waals surface area contributed by atoms with Crippen molar-refractivity contribution in [2.24, 2.45) is 5.73 Å². The van der Waals surface area contributed by atoms with Crippen LogP contribution in [0.4, 0.5) is 5.69 Å². The summed E-state index contributed by atoms with van der Waals surface area (Å²) < 4.78 is 1.02. The minimum atomic E-state index is -0.638. The van der Waals surface area contributed by atoms with Gasteiger partial charge in [0, 0.05) is 42.8 Å². The van der Waals surface area contributed by atoms with Crippen molar-refractivity contribution in [1.29, 1.82) is 0 Å². The van der Waals surface area contributed by atoms with Gasteiger partial charge >= 0.3 is 0 Å². The Kier molecular flexibility index (Phi) is 5.24. The second kappa shape index (κ2) is 6.60. The molecule has 1 aliphatic heterocycles. The van der Waals surface area contributed by atoms with Gasteiger partial charge in [0.2, 0.25) is 0 Å². The van der Waals surface area contributed by atoms with E-state index >= 15 is 0 Å². The number of β-amino-alcohol motifs (C(OH)–C–C–N with tert-alkyl or cyclic N) is 1. The molecule has 0 bridgehead atoms. The lowest BCUT2D eigenvalue weighted by molar-refractivity contribution is 0.0345. The van der Waals surface area contributed by atoms with Crippen molar-refractivity contribution in [3.8, 4) is 0 Å². The van der Waals surface area contributed by atoms with E-state index in [1.165, 1.54) is 0 Å². The molecule has 0 unspecified atom stereocenters. The lowest BCUT2D eigenvalue weighted by atomic mass is 10.1. The summed E-state index contributed by atoms with van der Waals surface area (Å²) in [4.78, 5) is 5.06. The van der Waals surface area contributed by atoms with Crippen LogP contribution in [0.15, 0.2) is 22.7 Å². The van der Waals surface area contributed by atoms with E-state index in [0.717, 1.165) is 41.9 Å². The first-order valence-corrected chi connectivity index (χ1v) is 8.25. The highest BCUT2D eigenvalue weighted by Crippen LogP contribution is 2.28. The maximum atomic E-state index is 9.89. The largest absolute Gasteiger partial charge is 0.389 e. The molecule has 2 rings (SSSR count). The van der Waals surface area contributed by atoms with Crippen LogP contribution in [0.5, 0.6) is 0 Å². The Labute approximate surface area is 140 Å². The predicted molar refractivity (Wildman–Crippen MR) is 95.0 cm³/mol. The maximum Gasteiger partial charge on any atom is 0.104 e. The smallest absolute Gasteiger partial charge is 0.104 e. The third-order valence-corrected chi connectivity index (χ3v) is 4.43. The van der Waals surface area contributed by atoms with E-state index in [1.54, 1.807) is 0 Å². The van der Waals surface area contributed by atoms with Gasteiger partial charge in [0.25, 0.3) is 0 Å². The minimum absolute atomic E-state index is 0.414. The molecule has 1 saturated heterocycles. The van der Waals surface area contributed by atoms with E-state index in [4.69, 9.17) is 18.0 Å². The van der Waals surface area contributed by atoms with Crippen molar-refractivity contribution in [1.82, 2.24) is 4.90 Å². The zero-order valence-electron chi connectivity index (χ0n) is 12.5. The van der Waals surface area contributed by atoms with Crippen molar-refractivity contribution in [2.45, 2.75) is 19.4 Å². The van der Waals surface area contributed by atoms with Gasteiger partial charge < -0.3 is 15.7 Å². The highest BCUT2D eigenvalue weighted by molar-refractivity contribution is 9.10. The monoisotopic (exact) mass is 371 g/mol. The van der Waals surface area contributed by atoms with Gasteiger partial charge in [-0.2, -0.15) is 0 Å². The number of hydrogen-bond donors (Lipinski definition) is 2. The van der Waals surface area contributed by atoms with Gasteiger partial charge in [0.05, 0.1) is 11.3 Å². The molecule has 1 aliphatic rings. The number of nitrogens with two attached hydrogens (primary N) is 1. The van der Waals surface area contributed by atoms with E-state index in [0.29, 0.717) is 11.5 Å². The third kappa shape index (κ3) is 4.64. The number of benzene rings is 1. The van der Waals surface area contributed by atoms with Gasteiger partial charge in [-0.25, -0.2) is 0 Å². The molecule has 4 nitrogen and oxygen atoms in total. The summed E-state index contributed by atoms with van der Waals surface area (Å²) in [6.45, 7) is 8.21. The van der Waals surface area contributed by atoms with Crippen LogP contribution in [0.2, 0.25) is 0 Å². The predicted octanol–water partition coefficient (Wildman–Crippen LogP) is 1.98. The van der Waals surface area contributed by atoms with Crippen LogP contribution < -0.4 is 10.6 Å². The molecule has 0 amide bonds. The lowest BCUT2D eigenvalue weighted by Crippen LogP contribution is -2.50. The van der Waals surface area contributed by atoms with Crippen LogP contribution in [-0.4, -0.2) is 53.3 Å². The molecule has 3 N–H and O–H groups in total. The number of hydrogen-bond acceptors (Lipinski definition) is 4. The van der Waals surface area contributed by atoms with Crippen molar-refractivity contribution in [2.75, 3.05) is 37.6 Å². The molecule has 0 radical (unpaired) electrons. The molecular formula is C15H22BrN3OS. The Morgan fingerprint density at radius 3 is 2.43 bits per heavy atom. The Bertz CT molecular complexity index is 522. The first-order chi connectivity index (χ1) is 9.76. The van der Waals surface area contributed by atoms with Gasteiger partial charge in [-0.1, -0.05) is 12.2 Å². The molecule has 0 spiro atoms. The van der Waals surface area contributed by atoms with Crippen LogP contribution in [0.1, 0.15) is 19.4 Å². The summed E-state index contributed by atoms with van der Waals surface area (Å²) in [5.74, 6) is 0. The molecule has 1 fully saturated rings. The lowest BCUT2D eigenvalue weighted by Gasteiger charge is -2.38. The van der Waals surface area contributed by atoms with Crippen molar-refractivity contribution >= 4 is 38.8 Å². The normalized spacial score (nSPS) is 17.0. The van der Waals surface area contributed by atoms with Crippen LogP contribution in [0.25, 0.3) is 0 Å². The summed E-state index contributed by atoms with van der Waals surface area (Å²) in [7, 11) is 0. The quantitative estimate of drug-likeness (QED) is 0.792. The van der Waals surface area contributed by atoms with Crippen molar-refractivity contribution < 1.29 is 5.11 Å². The van der Waals surface area contributed by atoms with Crippen molar-refractivity contribution in [3.63, 3.8) is 0 Å². The number of anilines is 1. The molecule has 0 aliphatic carbocycles. The van der Waals surface area contributed by atoms with Gasteiger partial charge in [-0.3, -0.25) is 4.90 Å². The van der Waals surface area contributed by atoms with Crippen molar-refractivity contribution in [3.05, 3.63) is 28.2 Å². The molecule has 1 aromatic carbocycles. The zero-order chi connectivity index (χ0) is 15.6. The fourth-order valence-corrected chi connectivity index (χ4v) is 3.37. The number of aliphatic hydroxyl groups is 1. The molecular weight excluding hydrogens is 350 g/mol. The maximum absolute atomic E-state index is 9.89. The summed E-state index contributed by atoms with van der Waals surface area (Å²) >= 11 is 8.60. The second-order valence-corrected chi connectivity index (χ2v) is 7.40. The molecule has 1 heterocycles. The zero-order valence-corrected chi connectivity index (χ0v) is 14.9. The van der Waals surface area contributed by atoms with Crippen LogP contribution in [0.3, 0.4) is 0 Å². The van der Waals surface area contributed by atoms with E-state index in [2.05, 4.69) is 31.8 Å². The number of rotatable bonds is 4. The summed E-state index contributed by atoms with van der Waals surface area (Å²) in [5.41, 5.74) is 7.06. The number of halogens is 1. The van der Waals surface area contributed by atoms with E-state index in [1.807, 2.05) is 26.0 Å². The SMILES string of the molecule is CC(C)(O)CN1CCN(c2ccc(C(N)=S)cc2Br)CC1. The molecule has 116 valence electrons. The highest BCUT2D eigenvalue weighted by Gasteiger charge is 2.23. The van der Waals surface area contributed by atoms with Gasteiger partial charge in [0.1, 0.15) is 4.99 Å². The minimum Gasteiger partial charge on any atom is -0.389 e. The molecule has 0 atom stereocenters. The molecule has 6 heteroatoms. The number of nitrogens with zero attached hydrogens (tertiary/aromatic N) is 2. The molecule has 1 aromatic rings. The third-order valence-electron chi connectivity index (χ3n) is 3.56. The Balaban J connectivity index is 2.01. The first-order valence-electron chi connectivity index (χ1n) is 7.05.